The van der Waals surface area contributed by atoms with E-state index in [0.29, 0.717) is 39.9 Å². The molecular formula is C23H23ClFN3O2. The van der Waals surface area contributed by atoms with Crippen LogP contribution in [0.15, 0.2) is 48.8 Å². The molecule has 3 aromatic rings. The quantitative estimate of drug-likeness (QED) is 0.574. The maximum atomic E-state index is 15.4. The van der Waals surface area contributed by atoms with Gasteiger partial charge in [-0.1, -0.05) is 29.8 Å². The molecule has 0 spiro atoms. The first-order valence-corrected chi connectivity index (χ1v) is 10.2. The second kappa shape index (κ2) is 8.98. The maximum absolute atomic E-state index is 15.4. The van der Waals surface area contributed by atoms with Crippen molar-refractivity contribution < 1.29 is 13.9 Å². The van der Waals surface area contributed by atoms with Crippen molar-refractivity contribution in [1.82, 2.24) is 14.9 Å². The van der Waals surface area contributed by atoms with Crippen molar-refractivity contribution in [2.75, 3.05) is 27.2 Å². The molecular weight excluding hydrogens is 405 g/mol. The van der Waals surface area contributed by atoms with E-state index in [1.807, 2.05) is 6.07 Å². The van der Waals surface area contributed by atoms with Crippen molar-refractivity contribution in [3.63, 3.8) is 0 Å². The van der Waals surface area contributed by atoms with Crippen molar-refractivity contribution >= 4 is 11.6 Å². The van der Waals surface area contributed by atoms with Crippen LogP contribution in [0.4, 0.5) is 4.39 Å². The van der Waals surface area contributed by atoms with Gasteiger partial charge in [-0.15, -0.1) is 0 Å². The summed E-state index contributed by atoms with van der Waals surface area (Å²) in [6, 6.07) is 10.9. The highest BCUT2D eigenvalue weighted by molar-refractivity contribution is 6.30. The van der Waals surface area contributed by atoms with Gasteiger partial charge >= 0.3 is 6.01 Å². The Hall–Kier alpha value is -2.70. The molecule has 0 radical (unpaired) electrons. The molecule has 0 aliphatic carbocycles. The van der Waals surface area contributed by atoms with E-state index in [0.717, 1.165) is 25.1 Å². The number of halogens is 2. The molecule has 30 heavy (non-hydrogen) atoms. The molecule has 1 fully saturated rings. The summed E-state index contributed by atoms with van der Waals surface area (Å²) in [5.41, 5.74) is 2.39. The van der Waals surface area contributed by atoms with Gasteiger partial charge in [0.05, 0.1) is 12.7 Å². The topological polar surface area (TPSA) is 47.5 Å². The Balaban J connectivity index is 1.55. The van der Waals surface area contributed by atoms with Gasteiger partial charge in [-0.3, -0.25) is 0 Å². The first-order valence-electron chi connectivity index (χ1n) is 9.81. The summed E-state index contributed by atoms with van der Waals surface area (Å²) in [6.07, 6.45) is 4.80. The summed E-state index contributed by atoms with van der Waals surface area (Å²) in [4.78, 5) is 10.8. The standard InChI is InChI=1S/C23H23ClFN3O2/c1-28-9-8-19(14-28)30-23-26-12-15(13-27-23)10-17-6-7-20(29-2)21(22(17)25)16-4-3-5-18(24)11-16/h3-7,11-13,19H,8-10,14H2,1-2H3. The zero-order chi connectivity index (χ0) is 21.1. The van der Waals surface area contributed by atoms with E-state index in [1.54, 1.807) is 42.7 Å². The van der Waals surface area contributed by atoms with Crippen LogP contribution in [-0.2, 0) is 6.42 Å². The van der Waals surface area contributed by atoms with Crippen LogP contribution in [0.25, 0.3) is 11.1 Å². The largest absolute Gasteiger partial charge is 0.496 e. The second-order valence-corrected chi connectivity index (χ2v) is 7.90. The van der Waals surface area contributed by atoms with E-state index in [9.17, 15) is 0 Å². The van der Waals surface area contributed by atoms with Crippen LogP contribution in [0.3, 0.4) is 0 Å². The lowest BCUT2D eigenvalue weighted by Crippen LogP contribution is -2.22. The summed E-state index contributed by atoms with van der Waals surface area (Å²) in [6.45, 7) is 1.88. The summed E-state index contributed by atoms with van der Waals surface area (Å²) in [5, 5.41) is 0.539. The second-order valence-electron chi connectivity index (χ2n) is 7.47. The van der Waals surface area contributed by atoms with E-state index in [1.165, 1.54) is 7.11 Å². The molecule has 4 rings (SSSR count). The molecule has 0 saturated carbocycles. The number of hydrogen-bond donors (Lipinski definition) is 0. The van der Waals surface area contributed by atoms with Crippen LogP contribution in [0.1, 0.15) is 17.5 Å². The highest BCUT2D eigenvalue weighted by Crippen LogP contribution is 2.36. The molecule has 2 heterocycles. The fraction of sp³-hybridized carbons (Fsp3) is 0.304. The molecule has 2 aromatic carbocycles. The molecule has 1 atom stereocenters. The molecule has 1 aliphatic rings. The summed E-state index contributed by atoms with van der Waals surface area (Å²) < 4.78 is 26.6. The Morgan fingerprint density at radius 2 is 2.00 bits per heavy atom. The third kappa shape index (κ3) is 4.55. The maximum Gasteiger partial charge on any atom is 0.316 e. The van der Waals surface area contributed by atoms with Gasteiger partial charge in [0.25, 0.3) is 0 Å². The van der Waals surface area contributed by atoms with Crippen LogP contribution in [-0.4, -0.2) is 48.2 Å². The predicted molar refractivity (Wildman–Crippen MR) is 115 cm³/mol. The third-order valence-corrected chi connectivity index (χ3v) is 5.45. The Kier molecular flexibility index (Phi) is 6.16. The average molecular weight is 428 g/mol. The normalized spacial score (nSPS) is 16.6. The number of hydrogen-bond acceptors (Lipinski definition) is 5. The number of likely N-dealkylation sites (tertiary alicyclic amines) is 1. The van der Waals surface area contributed by atoms with E-state index in [4.69, 9.17) is 21.1 Å². The van der Waals surface area contributed by atoms with Gasteiger partial charge in [-0.05, 0) is 48.4 Å². The zero-order valence-electron chi connectivity index (χ0n) is 16.9. The molecule has 5 nitrogen and oxygen atoms in total. The Labute approximate surface area is 180 Å². The summed E-state index contributed by atoms with van der Waals surface area (Å²) in [7, 11) is 3.59. The summed E-state index contributed by atoms with van der Waals surface area (Å²) >= 11 is 6.10. The number of methoxy groups -OCH3 is 1. The Bertz CT molecular complexity index is 1030. The van der Waals surface area contributed by atoms with E-state index >= 15 is 4.39 Å². The van der Waals surface area contributed by atoms with E-state index < -0.39 is 0 Å². The average Bonchev–Trinajstić information content (AvgIpc) is 3.15. The summed E-state index contributed by atoms with van der Waals surface area (Å²) in [5.74, 6) is 0.117. The Morgan fingerprint density at radius 3 is 2.67 bits per heavy atom. The van der Waals surface area contributed by atoms with Crippen LogP contribution in [0, 0.1) is 5.82 Å². The molecule has 0 amide bonds. The number of ether oxygens (including phenoxy) is 2. The van der Waals surface area contributed by atoms with Crippen molar-refractivity contribution in [1.29, 1.82) is 0 Å². The zero-order valence-corrected chi connectivity index (χ0v) is 17.7. The fourth-order valence-corrected chi connectivity index (χ4v) is 3.87. The van der Waals surface area contributed by atoms with Crippen LogP contribution < -0.4 is 9.47 Å². The van der Waals surface area contributed by atoms with Gasteiger partial charge in [-0.2, -0.15) is 0 Å². The van der Waals surface area contributed by atoms with E-state index in [2.05, 4.69) is 21.9 Å². The lowest BCUT2D eigenvalue weighted by molar-refractivity contribution is 0.191. The van der Waals surface area contributed by atoms with Crippen molar-refractivity contribution in [3.05, 3.63) is 70.8 Å². The van der Waals surface area contributed by atoms with Crippen molar-refractivity contribution in [3.8, 4) is 22.9 Å². The molecule has 156 valence electrons. The van der Waals surface area contributed by atoms with Gasteiger partial charge in [0, 0.05) is 36.9 Å². The molecule has 1 saturated heterocycles. The monoisotopic (exact) mass is 427 g/mol. The SMILES string of the molecule is COc1ccc(Cc2cnc(OC3CCN(C)C3)nc2)c(F)c1-c1cccc(Cl)c1. The predicted octanol–water partition coefficient (Wildman–Crippen LogP) is 4.62. The number of rotatable bonds is 6. The first kappa shape index (κ1) is 20.6. The first-order chi connectivity index (χ1) is 14.5. The van der Waals surface area contributed by atoms with Crippen LogP contribution in [0.5, 0.6) is 11.8 Å². The molecule has 7 heteroatoms. The molecule has 0 N–H and O–H groups in total. The lowest BCUT2D eigenvalue weighted by Gasteiger charge is -2.14. The number of benzene rings is 2. The van der Waals surface area contributed by atoms with Gasteiger partial charge < -0.3 is 14.4 Å². The van der Waals surface area contributed by atoms with Crippen molar-refractivity contribution in [2.24, 2.45) is 0 Å². The van der Waals surface area contributed by atoms with Gasteiger partial charge in [0.2, 0.25) is 0 Å². The molecule has 1 unspecified atom stereocenters. The number of aromatic nitrogens is 2. The minimum Gasteiger partial charge on any atom is -0.496 e. The number of nitrogens with zero attached hydrogens (tertiary/aromatic N) is 3. The molecule has 1 aromatic heterocycles. The van der Waals surface area contributed by atoms with Gasteiger partial charge in [0.15, 0.2) is 0 Å². The lowest BCUT2D eigenvalue weighted by atomic mass is 9.98. The van der Waals surface area contributed by atoms with Crippen molar-refractivity contribution in [2.45, 2.75) is 18.9 Å². The fourth-order valence-electron chi connectivity index (χ4n) is 3.68. The molecule has 1 aliphatic heterocycles. The minimum atomic E-state index is -0.342. The van der Waals surface area contributed by atoms with Gasteiger partial charge in [0.1, 0.15) is 17.7 Å². The van der Waals surface area contributed by atoms with E-state index in [-0.39, 0.29) is 11.9 Å². The highest BCUT2D eigenvalue weighted by Gasteiger charge is 2.22. The minimum absolute atomic E-state index is 0.111. The van der Waals surface area contributed by atoms with Crippen LogP contribution >= 0.6 is 11.6 Å². The molecule has 0 bridgehead atoms. The number of likely N-dealkylation sites (N-methyl/N-ethyl adjacent to an activating group) is 1. The smallest absolute Gasteiger partial charge is 0.316 e. The van der Waals surface area contributed by atoms with Gasteiger partial charge in [-0.25, -0.2) is 14.4 Å². The Morgan fingerprint density at radius 1 is 1.20 bits per heavy atom. The third-order valence-electron chi connectivity index (χ3n) is 5.21. The highest BCUT2D eigenvalue weighted by atomic mass is 35.5. The van der Waals surface area contributed by atoms with Crippen LogP contribution in [0.2, 0.25) is 5.02 Å².